The minimum Gasteiger partial charge on any atom is -0.396 e. The molecule has 1 aliphatic rings. The highest BCUT2D eigenvalue weighted by molar-refractivity contribution is 5.91. The van der Waals surface area contributed by atoms with Gasteiger partial charge in [0.15, 0.2) is 11.5 Å². The molecule has 104 valence electrons. The molecule has 1 amide bonds. The molecule has 2 rings (SSSR count). The molecule has 1 fully saturated rings. The number of amides is 1. The van der Waals surface area contributed by atoms with Gasteiger partial charge in [0.25, 0.3) is 5.91 Å². The number of nitrogens with zero attached hydrogens (tertiary/aromatic N) is 3. The Morgan fingerprint density at radius 1 is 1.53 bits per heavy atom. The molecular weight excluding hydrogens is 244 g/mol. The molecule has 19 heavy (non-hydrogen) atoms. The number of aromatic nitrogens is 2. The van der Waals surface area contributed by atoms with Crippen LogP contribution in [-0.2, 0) is 0 Å². The zero-order chi connectivity index (χ0) is 13.7. The van der Waals surface area contributed by atoms with Crippen molar-refractivity contribution in [2.45, 2.75) is 31.7 Å². The standard InChI is InChI=1S/C13H20N4O2/c1-14-13(19)11-6-7-12(16-15-11)17-8-2-4-10(17)5-3-9-18/h6-7,10,18H,2-5,8-9H2,1H3,(H,14,19). The van der Waals surface area contributed by atoms with Crippen LogP contribution in [0.25, 0.3) is 0 Å². The highest BCUT2D eigenvalue weighted by Gasteiger charge is 2.25. The van der Waals surface area contributed by atoms with Gasteiger partial charge >= 0.3 is 0 Å². The molecule has 0 aromatic carbocycles. The summed E-state index contributed by atoms with van der Waals surface area (Å²) in [5.74, 6) is 0.588. The van der Waals surface area contributed by atoms with Crippen molar-refractivity contribution in [2.75, 3.05) is 25.1 Å². The Hall–Kier alpha value is -1.69. The first-order valence-corrected chi connectivity index (χ1v) is 6.69. The van der Waals surface area contributed by atoms with Crippen LogP contribution in [-0.4, -0.2) is 47.5 Å². The normalized spacial score (nSPS) is 18.6. The SMILES string of the molecule is CNC(=O)c1ccc(N2CCCC2CCCO)nn1. The van der Waals surface area contributed by atoms with E-state index in [4.69, 9.17) is 5.11 Å². The maximum Gasteiger partial charge on any atom is 0.271 e. The number of anilines is 1. The Balaban J connectivity index is 2.06. The summed E-state index contributed by atoms with van der Waals surface area (Å²) < 4.78 is 0. The van der Waals surface area contributed by atoms with Gasteiger partial charge in [-0.2, -0.15) is 0 Å². The zero-order valence-corrected chi connectivity index (χ0v) is 11.2. The van der Waals surface area contributed by atoms with Gasteiger partial charge in [-0.15, -0.1) is 10.2 Å². The second-order valence-electron chi connectivity index (χ2n) is 4.71. The van der Waals surface area contributed by atoms with E-state index in [1.807, 2.05) is 6.07 Å². The fourth-order valence-corrected chi connectivity index (χ4v) is 2.49. The summed E-state index contributed by atoms with van der Waals surface area (Å²) in [5, 5.41) is 19.5. The van der Waals surface area contributed by atoms with E-state index in [1.165, 1.54) is 0 Å². The molecule has 1 aliphatic heterocycles. The van der Waals surface area contributed by atoms with Gasteiger partial charge in [-0.25, -0.2) is 0 Å². The van der Waals surface area contributed by atoms with Gasteiger partial charge in [-0.05, 0) is 37.8 Å². The molecule has 1 aromatic heterocycles. The van der Waals surface area contributed by atoms with Crippen LogP contribution in [0.4, 0.5) is 5.82 Å². The van der Waals surface area contributed by atoms with Crippen LogP contribution in [0.2, 0.25) is 0 Å². The highest BCUT2D eigenvalue weighted by atomic mass is 16.2. The Morgan fingerprint density at radius 2 is 2.37 bits per heavy atom. The predicted octanol–water partition coefficient (Wildman–Crippen LogP) is 0.577. The average Bonchev–Trinajstić information content (AvgIpc) is 2.92. The van der Waals surface area contributed by atoms with Crippen LogP contribution in [0, 0.1) is 0 Å². The summed E-state index contributed by atoms with van der Waals surface area (Å²) in [5.41, 5.74) is 0.331. The molecule has 6 nitrogen and oxygen atoms in total. The number of carbonyl (C=O) groups is 1. The third-order valence-electron chi connectivity index (χ3n) is 3.48. The summed E-state index contributed by atoms with van der Waals surface area (Å²) in [6.07, 6.45) is 4.04. The monoisotopic (exact) mass is 264 g/mol. The van der Waals surface area contributed by atoms with E-state index in [-0.39, 0.29) is 12.5 Å². The van der Waals surface area contributed by atoms with Crippen molar-refractivity contribution >= 4 is 11.7 Å². The van der Waals surface area contributed by atoms with Crippen molar-refractivity contribution in [2.24, 2.45) is 0 Å². The fourth-order valence-electron chi connectivity index (χ4n) is 2.49. The van der Waals surface area contributed by atoms with Gasteiger partial charge in [-0.3, -0.25) is 4.79 Å². The van der Waals surface area contributed by atoms with Crippen LogP contribution >= 0.6 is 0 Å². The number of aliphatic hydroxyl groups excluding tert-OH is 1. The molecule has 0 bridgehead atoms. The average molecular weight is 264 g/mol. The number of rotatable bonds is 5. The van der Waals surface area contributed by atoms with E-state index in [0.29, 0.717) is 11.7 Å². The number of hydrogen-bond donors (Lipinski definition) is 2. The molecule has 0 radical (unpaired) electrons. The topological polar surface area (TPSA) is 78.4 Å². The lowest BCUT2D eigenvalue weighted by molar-refractivity contribution is 0.0957. The van der Waals surface area contributed by atoms with E-state index in [0.717, 1.165) is 38.0 Å². The first kappa shape index (κ1) is 13.7. The fraction of sp³-hybridized carbons (Fsp3) is 0.615. The lowest BCUT2D eigenvalue weighted by atomic mass is 10.1. The Labute approximate surface area is 112 Å². The lowest BCUT2D eigenvalue weighted by Crippen LogP contribution is -2.30. The summed E-state index contributed by atoms with van der Waals surface area (Å²) in [6.45, 7) is 1.19. The van der Waals surface area contributed by atoms with E-state index in [2.05, 4.69) is 20.4 Å². The Bertz CT molecular complexity index is 421. The quantitative estimate of drug-likeness (QED) is 0.813. The summed E-state index contributed by atoms with van der Waals surface area (Å²) >= 11 is 0. The molecular formula is C13H20N4O2. The predicted molar refractivity (Wildman–Crippen MR) is 72.1 cm³/mol. The molecule has 2 N–H and O–H groups in total. The number of carbonyl (C=O) groups excluding carboxylic acids is 1. The number of aliphatic hydroxyl groups is 1. The Kier molecular flexibility index (Phi) is 4.68. The first-order valence-electron chi connectivity index (χ1n) is 6.69. The molecule has 0 aliphatic carbocycles. The third-order valence-corrected chi connectivity index (χ3v) is 3.48. The van der Waals surface area contributed by atoms with Gasteiger partial charge in [0.2, 0.25) is 0 Å². The Morgan fingerprint density at radius 3 is 3.00 bits per heavy atom. The molecule has 1 unspecified atom stereocenters. The van der Waals surface area contributed by atoms with Crippen molar-refractivity contribution in [1.29, 1.82) is 0 Å². The van der Waals surface area contributed by atoms with Crippen LogP contribution in [0.5, 0.6) is 0 Å². The zero-order valence-electron chi connectivity index (χ0n) is 11.2. The largest absolute Gasteiger partial charge is 0.396 e. The minimum absolute atomic E-state index is 0.225. The lowest BCUT2D eigenvalue weighted by Gasteiger charge is -2.25. The molecule has 0 spiro atoms. The van der Waals surface area contributed by atoms with Gasteiger partial charge in [0.1, 0.15) is 0 Å². The van der Waals surface area contributed by atoms with Gasteiger partial charge in [0, 0.05) is 26.2 Å². The van der Waals surface area contributed by atoms with Gasteiger partial charge in [-0.1, -0.05) is 0 Å². The minimum atomic E-state index is -0.225. The van der Waals surface area contributed by atoms with Crippen molar-refractivity contribution < 1.29 is 9.90 Å². The van der Waals surface area contributed by atoms with E-state index >= 15 is 0 Å². The van der Waals surface area contributed by atoms with Crippen molar-refractivity contribution in [3.05, 3.63) is 17.8 Å². The van der Waals surface area contributed by atoms with Crippen molar-refractivity contribution in [1.82, 2.24) is 15.5 Å². The highest BCUT2D eigenvalue weighted by Crippen LogP contribution is 2.26. The maximum absolute atomic E-state index is 11.4. The molecule has 2 heterocycles. The van der Waals surface area contributed by atoms with Crippen LogP contribution in [0.3, 0.4) is 0 Å². The second-order valence-corrected chi connectivity index (χ2v) is 4.71. The summed E-state index contributed by atoms with van der Waals surface area (Å²) in [4.78, 5) is 13.6. The molecule has 0 saturated carbocycles. The van der Waals surface area contributed by atoms with E-state index in [9.17, 15) is 4.79 Å². The molecule has 1 saturated heterocycles. The van der Waals surface area contributed by atoms with Crippen LogP contribution < -0.4 is 10.2 Å². The van der Waals surface area contributed by atoms with Crippen molar-refractivity contribution in [3.8, 4) is 0 Å². The smallest absolute Gasteiger partial charge is 0.271 e. The molecule has 6 heteroatoms. The second kappa shape index (κ2) is 6.47. The number of hydrogen-bond acceptors (Lipinski definition) is 5. The van der Waals surface area contributed by atoms with Crippen LogP contribution in [0.1, 0.15) is 36.2 Å². The van der Waals surface area contributed by atoms with Gasteiger partial charge < -0.3 is 15.3 Å². The number of nitrogens with one attached hydrogen (secondary N) is 1. The summed E-state index contributed by atoms with van der Waals surface area (Å²) in [6, 6.07) is 3.96. The maximum atomic E-state index is 11.4. The van der Waals surface area contributed by atoms with Gasteiger partial charge in [0.05, 0.1) is 0 Å². The van der Waals surface area contributed by atoms with E-state index in [1.54, 1.807) is 13.1 Å². The first-order chi connectivity index (χ1) is 9.26. The third kappa shape index (κ3) is 3.20. The van der Waals surface area contributed by atoms with Crippen LogP contribution in [0.15, 0.2) is 12.1 Å². The molecule has 1 atom stereocenters. The van der Waals surface area contributed by atoms with Crippen molar-refractivity contribution in [3.63, 3.8) is 0 Å². The van der Waals surface area contributed by atoms with E-state index < -0.39 is 0 Å². The summed E-state index contributed by atoms with van der Waals surface area (Å²) in [7, 11) is 1.57. The molecule has 1 aromatic rings.